The number of nitrogens with zero attached hydrogens (tertiary/aromatic N) is 1. The Balaban J connectivity index is 0.00000289. The van der Waals surface area contributed by atoms with Crippen LogP contribution in [0.15, 0.2) is 60.7 Å². The zero-order valence-corrected chi connectivity index (χ0v) is 19.8. The molecule has 1 aliphatic rings. The summed E-state index contributed by atoms with van der Waals surface area (Å²) in [5, 5.41) is 3.65. The zero-order chi connectivity index (χ0) is 21.8. The van der Waals surface area contributed by atoms with E-state index in [0.717, 1.165) is 47.6 Å². The van der Waals surface area contributed by atoms with Gasteiger partial charge in [-0.1, -0.05) is 67.6 Å². The minimum absolute atomic E-state index is 0. The molecule has 2 aromatic carbocycles. The van der Waals surface area contributed by atoms with E-state index in [1.54, 1.807) is 0 Å². The number of carbonyl (C=O) groups excluding carboxylic acids is 2. The van der Waals surface area contributed by atoms with Crippen molar-refractivity contribution in [1.29, 1.82) is 0 Å². The average Bonchev–Trinajstić information content (AvgIpc) is 3.16. The minimum Gasteiger partial charge on any atom is -0.465 e. The SMILES string of the molecule is CCN1CCc2c(sc(NC(=O)C(c3ccccc3)c3ccccc3)c2C(=O)OC)C1.Cl. The van der Waals surface area contributed by atoms with Crippen molar-refractivity contribution in [1.82, 2.24) is 4.90 Å². The molecule has 5 nitrogen and oxygen atoms in total. The van der Waals surface area contributed by atoms with Gasteiger partial charge in [0.2, 0.25) is 5.91 Å². The molecule has 1 N–H and O–H groups in total. The Bertz CT molecular complexity index is 1030. The first-order chi connectivity index (χ1) is 15.1. The fourth-order valence-electron chi connectivity index (χ4n) is 4.10. The highest BCUT2D eigenvalue weighted by Crippen LogP contribution is 2.38. The number of carbonyl (C=O) groups is 2. The van der Waals surface area contributed by atoms with E-state index in [9.17, 15) is 9.59 Å². The molecule has 0 bridgehead atoms. The quantitative estimate of drug-likeness (QED) is 0.509. The summed E-state index contributed by atoms with van der Waals surface area (Å²) in [6.45, 7) is 4.77. The van der Waals surface area contributed by atoms with Crippen LogP contribution in [0.1, 0.15) is 44.8 Å². The van der Waals surface area contributed by atoms with E-state index in [-0.39, 0.29) is 18.3 Å². The van der Waals surface area contributed by atoms with E-state index in [2.05, 4.69) is 17.1 Å². The monoisotopic (exact) mass is 470 g/mol. The summed E-state index contributed by atoms with van der Waals surface area (Å²) < 4.78 is 5.07. The number of hydrogen-bond donors (Lipinski definition) is 1. The molecule has 0 fully saturated rings. The van der Waals surface area contributed by atoms with Crippen molar-refractivity contribution in [3.8, 4) is 0 Å². The van der Waals surface area contributed by atoms with E-state index in [0.29, 0.717) is 10.6 Å². The third-order valence-corrected chi connectivity index (χ3v) is 6.87. The Labute approximate surface area is 198 Å². The number of likely N-dealkylation sites (N-methyl/N-ethyl adjacent to an activating group) is 1. The van der Waals surface area contributed by atoms with Crippen molar-refractivity contribution >= 4 is 40.6 Å². The predicted octanol–water partition coefficient (Wildman–Crippen LogP) is 5.11. The summed E-state index contributed by atoms with van der Waals surface area (Å²) in [6.07, 6.45) is 0.779. The molecule has 0 saturated carbocycles. The standard InChI is InChI=1S/C25H26N2O3S.ClH/c1-3-27-15-14-19-20(16-27)31-24(22(19)25(29)30-2)26-23(28)21(17-10-6-4-7-11-17)18-12-8-5-9-13-18;/h4-13,21H,3,14-16H2,1-2H3,(H,26,28);1H. The van der Waals surface area contributed by atoms with Gasteiger partial charge < -0.3 is 10.1 Å². The molecule has 7 heteroatoms. The number of fused-ring (bicyclic) bond motifs is 1. The normalized spacial score (nSPS) is 13.2. The molecule has 0 radical (unpaired) electrons. The maximum atomic E-state index is 13.5. The number of benzene rings is 2. The molecule has 0 unspecified atom stereocenters. The Morgan fingerprint density at radius 1 is 1.06 bits per heavy atom. The number of hydrogen-bond acceptors (Lipinski definition) is 5. The van der Waals surface area contributed by atoms with Gasteiger partial charge in [0.05, 0.1) is 18.6 Å². The minimum atomic E-state index is -0.473. The highest BCUT2D eigenvalue weighted by molar-refractivity contribution is 7.17. The largest absolute Gasteiger partial charge is 0.465 e. The molecule has 32 heavy (non-hydrogen) atoms. The van der Waals surface area contributed by atoms with Gasteiger partial charge >= 0.3 is 5.97 Å². The second-order valence-electron chi connectivity index (χ2n) is 7.56. The highest BCUT2D eigenvalue weighted by Gasteiger charge is 2.31. The number of esters is 1. The molecule has 0 saturated heterocycles. The van der Waals surface area contributed by atoms with Gasteiger partial charge in [0.1, 0.15) is 5.00 Å². The lowest BCUT2D eigenvalue weighted by Gasteiger charge is -2.25. The van der Waals surface area contributed by atoms with E-state index in [1.165, 1.54) is 18.4 Å². The molecule has 0 atom stereocenters. The van der Waals surface area contributed by atoms with Crippen LogP contribution in [0.3, 0.4) is 0 Å². The Hall–Kier alpha value is -2.67. The van der Waals surface area contributed by atoms with Crippen LogP contribution < -0.4 is 5.32 Å². The summed E-state index contributed by atoms with van der Waals surface area (Å²) in [5.74, 6) is -1.03. The third-order valence-electron chi connectivity index (χ3n) is 5.74. The summed E-state index contributed by atoms with van der Waals surface area (Å²) >= 11 is 1.49. The van der Waals surface area contributed by atoms with Gasteiger partial charge in [0, 0.05) is 18.0 Å². The van der Waals surface area contributed by atoms with Crippen LogP contribution in [0.25, 0.3) is 0 Å². The van der Waals surface area contributed by atoms with Crippen molar-refractivity contribution in [3.63, 3.8) is 0 Å². The maximum Gasteiger partial charge on any atom is 0.341 e. The second kappa shape index (κ2) is 10.8. The first-order valence-electron chi connectivity index (χ1n) is 10.5. The van der Waals surface area contributed by atoms with Crippen LogP contribution in [-0.4, -0.2) is 37.0 Å². The molecule has 0 spiro atoms. The van der Waals surface area contributed by atoms with Crippen LogP contribution >= 0.6 is 23.7 Å². The van der Waals surface area contributed by atoms with Gasteiger partial charge in [-0.2, -0.15) is 0 Å². The number of anilines is 1. The summed E-state index contributed by atoms with van der Waals surface area (Å²) in [7, 11) is 1.38. The van der Waals surface area contributed by atoms with Crippen LogP contribution in [0.2, 0.25) is 0 Å². The number of ether oxygens (including phenoxy) is 1. The molecule has 1 amide bonds. The Morgan fingerprint density at radius 3 is 2.19 bits per heavy atom. The lowest BCUT2D eigenvalue weighted by molar-refractivity contribution is -0.116. The molecule has 3 aromatic rings. The molecular formula is C25H27ClN2O3S. The number of thiophene rings is 1. The van der Waals surface area contributed by atoms with Gasteiger partial charge in [-0.3, -0.25) is 9.69 Å². The zero-order valence-electron chi connectivity index (χ0n) is 18.2. The van der Waals surface area contributed by atoms with E-state index < -0.39 is 11.9 Å². The molecule has 2 heterocycles. The molecule has 1 aromatic heterocycles. The second-order valence-corrected chi connectivity index (χ2v) is 8.67. The maximum absolute atomic E-state index is 13.5. The fourth-order valence-corrected chi connectivity index (χ4v) is 5.38. The first kappa shape index (κ1) is 24.0. The smallest absolute Gasteiger partial charge is 0.341 e. The third kappa shape index (κ3) is 4.88. The Kier molecular flexibility index (Phi) is 8.07. The van der Waals surface area contributed by atoms with Gasteiger partial charge in [0.15, 0.2) is 0 Å². The lowest BCUT2D eigenvalue weighted by Crippen LogP contribution is -2.30. The number of rotatable bonds is 6. The Morgan fingerprint density at radius 2 is 1.66 bits per heavy atom. The summed E-state index contributed by atoms with van der Waals surface area (Å²) in [6, 6.07) is 19.4. The summed E-state index contributed by atoms with van der Waals surface area (Å²) in [5.41, 5.74) is 3.33. The molecule has 1 aliphatic heterocycles. The number of halogens is 1. The van der Waals surface area contributed by atoms with E-state index in [1.807, 2.05) is 60.7 Å². The molecule has 4 rings (SSSR count). The van der Waals surface area contributed by atoms with Crippen molar-refractivity contribution in [3.05, 3.63) is 87.8 Å². The van der Waals surface area contributed by atoms with Crippen molar-refractivity contribution in [2.24, 2.45) is 0 Å². The van der Waals surface area contributed by atoms with E-state index in [4.69, 9.17) is 4.74 Å². The molecular weight excluding hydrogens is 444 g/mol. The van der Waals surface area contributed by atoms with E-state index >= 15 is 0 Å². The number of methoxy groups -OCH3 is 1. The van der Waals surface area contributed by atoms with Gasteiger partial charge in [0.25, 0.3) is 0 Å². The number of nitrogens with one attached hydrogen (secondary N) is 1. The predicted molar refractivity (Wildman–Crippen MR) is 131 cm³/mol. The van der Waals surface area contributed by atoms with Gasteiger partial charge in [-0.25, -0.2) is 4.79 Å². The van der Waals surface area contributed by atoms with Crippen LogP contribution in [0, 0.1) is 0 Å². The number of amides is 1. The van der Waals surface area contributed by atoms with Crippen molar-refractivity contribution < 1.29 is 14.3 Å². The fraction of sp³-hybridized carbons (Fsp3) is 0.280. The summed E-state index contributed by atoms with van der Waals surface area (Å²) in [4.78, 5) is 29.6. The lowest BCUT2D eigenvalue weighted by atomic mass is 9.90. The van der Waals surface area contributed by atoms with Crippen LogP contribution in [-0.2, 0) is 22.5 Å². The topological polar surface area (TPSA) is 58.6 Å². The van der Waals surface area contributed by atoms with Crippen molar-refractivity contribution in [2.45, 2.75) is 25.8 Å². The van der Waals surface area contributed by atoms with Crippen LogP contribution in [0.5, 0.6) is 0 Å². The van der Waals surface area contributed by atoms with Gasteiger partial charge in [-0.05, 0) is 29.7 Å². The van der Waals surface area contributed by atoms with Crippen LogP contribution in [0.4, 0.5) is 5.00 Å². The molecule has 168 valence electrons. The van der Waals surface area contributed by atoms with Crippen molar-refractivity contribution in [2.75, 3.05) is 25.5 Å². The average molecular weight is 471 g/mol. The first-order valence-corrected chi connectivity index (χ1v) is 11.3. The van der Waals surface area contributed by atoms with Gasteiger partial charge in [-0.15, -0.1) is 23.7 Å². The highest BCUT2D eigenvalue weighted by atomic mass is 35.5. The molecule has 0 aliphatic carbocycles.